The summed E-state index contributed by atoms with van der Waals surface area (Å²) >= 11 is 0. The van der Waals surface area contributed by atoms with Crippen molar-refractivity contribution < 1.29 is 27.5 Å². The van der Waals surface area contributed by atoms with Crippen molar-refractivity contribution in [2.24, 2.45) is 5.92 Å². The highest BCUT2D eigenvalue weighted by molar-refractivity contribution is 7.89. The number of sulfonamides is 1. The lowest BCUT2D eigenvalue weighted by Gasteiger charge is -2.29. The van der Waals surface area contributed by atoms with E-state index in [9.17, 15) is 22.8 Å². The van der Waals surface area contributed by atoms with Crippen LogP contribution in [0.2, 0.25) is 0 Å². The summed E-state index contributed by atoms with van der Waals surface area (Å²) in [7, 11) is -1.40. The van der Waals surface area contributed by atoms with Gasteiger partial charge in [0.25, 0.3) is 0 Å². The molecule has 0 saturated heterocycles. The first-order valence-corrected chi connectivity index (χ1v) is 14.5. The Labute approximate surface area is 229 Å². The predicted octanol–water partition coefficient (Wildman–Crippen LogP) is 1.91. The number of rotatable bonds is 5. The molecule has 1 aliphatic rings. The summed E-state index contributed by atoms with van der Waals surface area (Å²) < 4.78 is 35.4. The number of nitrogens with zero attached hydrogens (tertiary/aromatic N) is 5. The second-order valence-corrected chi connectivity index (χ2v) is 12.0. The van der Waals surface area contributed by atoms with Gasteiger partial charge in [-0.2, -0.15) is 9.40 Å². The maximum Gasteiger partial charge on any atom is 0.339 e. The lowest BCUT2D eigenvalue weighted by atomic mass is 10.0. The zero-order chi connectivity index (χ0) is 28.9. The molecule has 1 N–H and O–H groups in total. The Bertz CT molecular complexity index is 1310. The number of hydrogen-bond acceptors (Lipinski definition) is 8. The number of fused-ring (bicyclic) bond motifs is 1. The normalized spacial score (nSPS) is 20.3. The van der Waals surface area contributed by atoms with Crippen LogP contribution in [0.5, 0.6) is 0 Å². The van der Waals surface area contributed by atoms with Gasteiger partial charge in [0.05, 0.1) is 30.2 Å². The number of aromatic nitrogens is 3. The van der Waals surface area contributed by atoms with Crippen LogP contribution in [0.3, 0.4) is 0 Å². The number of methoxy groups -OCH3 is 1. The molecule has 0 radical (unpaired) electrons. The van der Waals surface area contributed by atoms with Crippen LogP contribution >= 0.6 is 0 Å². The van der Waals surface area contributed by atoms with Crippen molar-refractivity contribution in [1.29, 1.82) is 0 Å². The fourth-order valence-electron chi connectivity index (χ4n) is 4.53. The summed E-state index contributed by atoms with van der Waals surface area (Å²) in [5, 5.41) is 7.52. The number of ether oxygens (including phenoxy) is 1. The average Bonchev–Trinajstić information content (AvgIpc) is 3.27. The molecule has 0 unspecified atom stereocenters. The Morgan fingerprint density at radius 2 is 1.87 bits per heavy atom. The molecule has 0 spiro atoms. The van der Waals surface area contributed by atoms with Crippen molar-refractivity contribution in [2.45, 2.75) is 70.5 Å². The van der Waals surface area contributed by atoms with Crippen LogP contribution in [-0.2, 0) is 30.9 Å². The van der Waals surface area contributed by atoms with E-state index in [1.807, 2.05) is 13.8 Å². The van der Waals surface area contributed by atoms with E-state index < -0.39 is 28.1 Å². The van der Waals surface area contributed by atoms with Gasteiger partial charge in [0.2, 0.25) is 21.8 Å². The van der Waals surface area contributed by atoms with E-state index in [2.05, 4.69) is 15.4 Å². The predicted molar refractivity (Wildman–Crippen MR) is 143 cm³/mol. The highest BCUT2D eigenvalue weighted by atomic mass is 32.2. The Balaban J connectivity index is 2.06. The minimum atomic E-state index is -4.16. The third-order valence-corrected chi connectivity index (χ3v) is 8.72. The highest BCUT2D eigenvalue weighted by Crippen LogP contribution is 2.24. The van der Waals surface area contributed by atoms with Gasteiger partial charge >= 0.3 is 5.97 Å². The highest BCUT2D eigenvalue weighted by Gasteiger charge is 2.32. The molecule has 13 heteroatoms. The van der Waals surface area contributed by atoms with E-state index in [4.69, 9.17) is 4.74 Å². The van der Waals surface area contributed by atoms with Gasteiger partial charge in [-0.25, -0.2) is 22.9 Å². The molecule has 1 aliphatic heterocycles. The topological polar surface area (TPSA) is 144 Å². The molecule has 214 valence electrons. The smallest absolute Gasteiger partial charge is 0.339 e. The van der Waals surface area contributed by atoms with Gasteiger partial charge in [-0.1, -0.05) is 26.0 Å². The van der Waals surface area contributed by atoms with E-state index in [-0.39, 0.29) is 60.7 Å². The third-order valence-electron chi connectivity index (χ3n) is 6.76. The van der Waals surface area contributed by atoms with Crippen LogP contribution in [0.1, 0.15) is 68.1 Å². The van der Waals surface area contributed by atoms with Gasteiger partial charge in [-0.05, 0) is 44.7 Å². The van der Waals surface area contributed by atoms with Gasteiger partial charge in [0, 0.05) is 26.6 Å². The molecule has 2 aromatic rings. The van der Waals surface area contributed by atoms with Crippen LogP contribution in [0, 0.1) is 12.8 Å². The molecule has 0 bridgehead atoms. The van der Waals surface area contributed by atoms with Crippen LogP contribution in [-0.4, -0.2) is 83.5 Å². The summed E-state index contributed by atoms with van der Waals surface area (Å²) in [6.07, 6.45) is 0.834. The number of aryl methyl sites for hydroxylation is 1. The van der Waals surface area contributed by atoms with Gasteiger partial charge in [0.1, 0.15) is 17.7 Å². The maximum atomic E-state index is 13.9. The molecule has 0 aliphatic carbocycles. The molecule has 0 fully saturated rings. The van der Waals surface area contributed by atoms with Crippen molar-refractivity contribution >= 4 is 27.8 Å². The zero-order valence-corrected chi connectivity index (χ0v) is 24.2. The number of esters is 1. The summed E-state index contributed by atoms with van der Waals surface area (Å²) in [6, 6.07) is 4.66. The first-order valence-electron chi connectivity index (χ1n) is 13.0. The molecule has 12 nitrogen and oxygen atoms in total. The summed E-state index contributed by atoms with van der Waals surface area (Å²) in [6.45, 7) is 7.63. The SMILES string of the molecule is COC(=O)c1ccccc1S(=O)(=O)N1CCCC(=O)N(C)[C@@H](C)C(=O)N[C@H](CC(C)C)c2nc(C)nn2CC1. The summed E-state index contributed by atoms with van der Waals surface area (Å²) in [5.41, 5.74) is -0.0685. The molecule has 1 aromatic carbocycles. The second kappa shape index (κ2) is 12.7. The van der Waals surface area contributed by atoms with Gasteiger partial charge in [-0.3, -0.25) is 9.59 Å². The summed E-state index contributed by atoms with van der Waals surface area (Å²) in [4.78, 5) is 44.1. The number of amides is 2. The second-order valence-electron chi connectivity index (χ2n) is 10.1. The Kier molecular flexibility index (Phi) is 9.83. The van der Waals surface area contributed by atoms with E-state index in [1.54, 1.807) is 37.7 Å². The lowest BCUT2D eigenvalue weighted by Crippen LogP contribution is -2.47. The molecule has 3 rings (SSSR count). The number of carbonyl (C=O) groups is 3. The largest absolute Gasteiger partial charge is 0.465 e. The number of nitrogens with one attached hydrogen (secondary N) is 1. The minimum absolute atomic E-state index is 0.0103. The standard InChI is InChI=1S/C26H38N6O6S/c1-17(2)16-21-24-27-19(4)29-32(24)15-14-31(13-9-12-23(33)30(5)18(3)25(34)28-21)39(36,37)22-11-8-7-10-20(22)26(35)38-6/h7-8,10-11,17-18,21H,9,12-16H2,1-6H3,(H,28,34)/t18-,21+/m0/s1. The molecule has 1 aromatic heterocycles. The Morgan fingerprint density at radius 3 is 2.54 bits per heavy atom. The Hall–Kier alpha value is -3.32. The molecular weight excluding hydrogens is 524 g/mol. The number of hydrogen-bond donors (Lipinski definition) is 1. The van der Waals surface area contributed by atoms with Gasteiger partial charge < -0.3 is 15.0 Å². The monoisotopic (exact) mass is 562 g/mol. The van der Waals surface area contributed by atoms with Crippen molar-refractivity contribution in [2.75, 3.05) is 27.2 Å². The molecule has 2 amide bonds. The third kappa shape index (κ3) is 7.01. The quantitative estimate of drug-likeness (QED) is 0.545. The van der Waals surface area contributed by atoms with E-state index in [0.29, 0.717) is 18.1 Å². The van der Waals surface area contributed by atoms with Crippen LogP contribution < -0.4 is 5.32 Å². The maximum absolute atomic E-state index is 13.9. The number of benzene rings is 1. The molecule has 0 saturated carbocycles. The van der Waals surface area contributed by atoms with Crippen LogP contribution in [0.25, 0.3) is 0 Å². The zero-order valence-electron chi connectivity index (χ0n) is 23.4. The van der Waals surface area contributed by atoms with E-state index in [1.165, 1.54) is 28.4 Å². The number of likely N-dealkylation sites (N-methyl/N-ethyl adjacent to an activating group) is 1. The fraction of sp³-hybridized carbons (Fsp3) is 0.577. The molecule has 39 heavy (non-hydrogen) atoms. The van der Waals surface area contributed by atoms with Crippen molar-refractivity contribution in [3.8, 4) is 0 Å². The molecule has 2 atom stereocenters. The molecule has 2 heterocycles. The van der Waals surface area contributed by atoms with Crippen molar-refractivity contribution in [3.63, 3.8) is 0 Å². The van der Waals surface area contributed by atoms with E-state index in [0.717, 1.165) is 0 Å². The number of carbonyl (C=O) groups excluding carboxylic acids is 3. The lowest BCUT2D eigenvalue weighted by molar-refractivity contribution is -0.138. The fourth-order valence-corrected chi connectivity index (χ4v) is 6.18. The molecular formula is C26H38N6O6S. The van der Waals surface area contributed by atoms with Gasteiger partial charge in [-0.15, -0.1) is 0 Å². The van der Waals surface area contributed by atoms with E-state index >= 15 is 0 Å². The van der Waals surface area contributed by atoms with Crippen molar-refractivity contribution in [1.82, 2.24) is 29.3 Å². The Morgan fingerprint density at radius 1 is 1.18 bits per heavy atom. The van der Waals surface area contributed by atoms with Crippen molar-refractivity contribution in [3.05, 3.63) is 41.5 Å². The first kappa shape index (κ1) is 30.2. The summed E-state index contributed by atoms with van der Waals surface area (Å²) in [5.74, 6) is -0.126. The van der Waals surface area contributed by atoms with Crippen LogP contribution in [0.15, 0.2) is 29.2 Å². The first-order chi connectivity index (χ1) is 18.4. The minimum Gasteiger partial charge on any atom is -0.465 e. The average molecular weight is 563 g/mol. The van der Waals surface area contributed by atoms with Crippen LogP contribution in [0.4, 0.5) is 0 Å². The van der Waals surface area contributed by atoms with Gasteiger partial charge in [0.15, 0.2) is 0 Å².